The van der Waals surface area contributed by atoms with E-state index < -0.39 is 0 Å². The summed E-state index contributed by atoms with van der Waals surface area (Å²) in [6.45, 7) is 3.28. The highest BCUT2D eigenvalue weighted by Gasteiger charge is 2.24. The molecule has 1 aromatic carbocycles. The Hall–Kier alpha value is -0.540. The highest BCUT2D eigenvalue weighted by Crippen LogP contribution is 2.31. The fraction of sp³-hybridized carbons (Fsp3) is 0.647. The van der Waals surface area contributed by atoms with Crippen molar-refractivity contribution in [2.75, 3.05) is 13.7 Å². The Morgan fingerprint density at radius 3 is 2.75 bits per heavy atom. The normalized spacial score (nSPS) is 17.4. The van der Waals surface area contributed by atoms with Crippen LogP contribution < -0.4 is 10.1 Å². The van der Waals surface area contributed by atoms with Crippen molar-refractivity contribution >= 4 is 15.9 Å². The lowest BCUT2D eigenvalue weighted by molar-refractivity contribution is 0.343. The molecule has 2 nitrogen and oxygen atoms in total. The SMILES string of the molecule is CCNC(CCc1cc(Br)ccc1OC)C1CCCC1. The number of halogens is 1. The summed E-state index contributed by atoms with van der Waals surface area (Å²) in [5, 5.41) is 3.69. The molecule has 1 aromatic rings. The van der Waals surface area contributed by atoms with E-state index in [1.807, 2.05) is 6.07 Å². The molecule has 2 rings (SSSR count). The fourth-order valence-electron chi connectivity index (χ4n) is 3.38. The largest absolute Gasteiger partial charge is 0.496 e. The second-order valence-corrected chi connectivity index (χ2v) is 6.62. The van der Waals surface area contributed by atoms with Crippen molar-refractivity contribution in [3.63, 3.8) is 0 Å². The Labute approximate surface area is 131 Å². The van der Waals surface area contributed by atoms with Gasteiger partial charge in [-0.25, -0.2) is 0 Å². The number of aryl methyl sites for hydroxylation is 1. The second-order valence-electron chi connectivity index (χ2n) is 5.70. The molecule has 20 heavy (non-hydrogen) atoms. The molecule has 0 saturated heterocycles. The minimum absolute atomic E-state index is 0.659. The minimum atomic E-state index is 0.659. The van der Waals surface area contributed by atoms with Crippen LogP contribution in [0.25, 0.3) is 0 Å². The molecule has 1 saturated carbocycles. The van der Waals surface area contributed by atoms with Crippen LogP contribution in [0.5, 0.6) is 5.75 Å². The zero-order valence-electron chi connectivity index (χ0n) is 12.6. The van der Waals surface area contributed by atoms with Gasteiger partial charge in [-0.3, -0.25) is 0 Å². The quantitative estimate of drug-likeness (QED) is 0.786. The lowest BCUT2D eigenvalue weighted by Crippen LogP contribution is -2.35. The number of rotatable bonds is 7. The van der Waals surface area contributed by atoms with Crippen molar-refractivity contribution in [2.45, 2.75) is 51.5 Å². The monoisotopic (exact) mass is 339 g/mol. The average molecular weight is 340 g/mol. The second kappa shape index (κ2) is 8.04. The Balaban J connectivity index is 1.99. The van der Waals surface area contributed by atoms with Gasteiger partial charge in [-0.2, -0.15) is 0 Å². The van der Waals surface area contributed by atoms with Crippen LogP contribution in [0.15, 0.2) is 22.7 Å². The summed E-state index contributed by atoms with van der Waals surface area (Å²) in [4.78, 5) is 0. The van der Waals surface area contributed by atoms with Gasteiger partial charge in [0.05, 0.1) is 7.11 Å². The highest BCUT2D eigenvalue weighted by atomic mass is 79.9. The molecule has 0 radical (unpaired) electrons. The standard InChI is InChI=1S/C17H26BrNO/c1-3-19-16(13-6-4-5-7-13)10-8-14-12-15(18)9-11-17(14)20-2/h9,11-13,16,19H,3-8,10H2,1-2H3. The van der Waals surface area contributed by atoms with Crippen molar-refractivity contribution in [3.8, 4) is 5.75 Å². The van der Waals surface area contributed by atoms with Crippen LogP contribution in [-0.4, -0.2) is 19.7 Å². The minimum Gasteiger partial charge on any atom is -0.496 e. The third kappa shape index (κ3) is 4.23. The number of benzene rings is 1. The molecular formula is C17H26BrNO. The maximum Gasteiger partial charge on any atom is 0.122 e. The summed E-state index contributed by atoms with van der Waals surface area (Å²) in [7, 11) is 1.76. The molecular weight excluding hydrogens is 314 g/mol. The predicted molar refractivity (Wildman–Crippen MR) is 88.4 cm³/mol. The van der Waals surface area contributed by atoms with E-state index in [1.165, 1.54) is 37.7 Å². The third-order valence-corrected chi connectivity index (χ3v) is 4.90. The van der Waals surface area contributed by atoms with Crippen LogP contribution in [0.4, 0.5) is 0 Å². The smallest absolute Gasteiger partial charge is 0.122 e. The third-order valence-electron chi connectivity index (χ3n) is 4.40. The summed E-state index contributed by atoms with van der Waals surface area (Å²) in [6.07, 6.45) is 7.89. The van der Waals surface area contributed by atoms with E-state index in [-0.39, 0.29) is 0 Å². The first-order valence-electron chi connectivity index (χ1n) is 7.80. The van der Waals surface area contributed by atoms with Crippen LogP contribution >= 0.6 is 15.9 Å². The predicted octanol–water partition coefficient (Wildman–Crippen LogP) is 4.56. The van der Waals surface area contributed by atoms with Crippen molar-refractivity contribution in [2.24, 2.45) is 5.92 Å². The first kappa shape index (κ1) is 15.8. The Morgan fingerprint density at radius 1 is 1.35 bits per heavy atom. The summed E-state index contributed by atoms with van der Waals surface area (Å²) in [5.41, 5.74) is 1.31. The Morgan fingerprint density at radius 2 is 2.10 bits per heavy atom. The van der Waals surface area contributed by atoms with Crippen LogP contribution in [0.3, 0.4) is 0 Å². The van der Waals surface area contributed by atoms with Crippen LogP contribution in [-0.2, 0) is 6.42 Å². The fourth-order valence-corrected chi connectivity index (χ4v) is 3.79. The number of ether oxygens (including phenoxy) is 1. The van der Waals surface area contributed by atoms with Crippen molar-refractivity contribution < 1.29 is 4.74 Å². The van der Waals surface area contributed by atoms with E-state index in [9.17, 15) is 0 Å². The number of nitrogens with one attached hydrogen (secondary N) is 1. The van der Waals surface area contributed by atoms with Gasteiger partial charge >= 0.3 is 0 Å². The molecule has 0 bridgehead atoms. The molecule has 1 aliphatic rings. The molecule has 1 N–H and O–H groups in total. The van der Waals surface area contributed by atoms with Gasteiger partial charge in [0.2, 0.25) is 0 Å². The molecule has 112 valence electrons. The van der Waals surface area contributed by atoms with Gasteiger partial charge in [0.15, 0.2) is 0 Å². The topological polar surface area (TPSA) is 21.3 Å². The number of hydrogen-bond acceptors (Lipinski definition) is 2. The summed E-state index contributed by atoms with van der Waals surface area (Å²) >= 11 is 3.56. The van der Waals surface area contributed by atoms with Crippen molar-refractivity contribution in [1.82, 2.24) is 5.32 Å². The maximum atomic E-state index is 5.48. The first-order valence-corrected chi connectivity index (χ1v) is 8.59. The van der Waals surface area contributed by atoms with E-state index in [2.05, 4.69) is 40.3 Å². The highest BCUT2D eigenvalue weighted by molar-refractivity contribution is 9.10. The summed E-state index contributed by atoms with van der Waals surface area (Å²) < 4.78 is 6.61. The summed E-state index contributed by atoms with van der Waals surface area (Å²) in [6, 6.07) is 6.95. The lowest BCUT2D eigenvalue weighted by Gasteiger charge is -2.24. The molecule has 0 amide bonds. The molecule has 1 atom stereocenters. The van der Waals surface area contributed by atoms with Gasteiger partial charge < -0.3 is 10.1 Å². The molecule has 0 spiro atoms. The lowest BCUT2D eigenvalue weighted by atomic mass is 9.92. The molecule has 0 aliphatic heterocycles. The van der Waals surface area contributed by atoms with Gasteiger partial charge in [-0.1, -0.05) is 35.7 Å². The molecule has 1 fully saturated rings. The molecule has 0 heterocycles. The summed E-state index contributed by atoms with van der Waals surface area (Å²) in [5.74, 6) is 1.88. The van der Waals surface area contributed by atoms with Crippen LogP contribution in [0.2, 0.25) is 0 Å². The first-order chi connectivity index (χ1) is 9.74. The number of methoxy groups -OCH3 is 1. The molecule has 0 aromatic heterocycles. The maximum absolute atomic E-state index is 5.48. The van der Waals surface area contributed by atoms with E-state index in [1.54, 1.807) is 7.11 Å². The van der Waals surface area contributed by atoms with Crippen LogP contribution in [0.1, 0.15) is 44.6 Å². The van der Waals surface area contributed by atoms with Crippen molar-refractivity contribution in [3.05, 3.63) is 28.2 Å². The van der Waals surface area contributed by atoms with Gasteiger partial charge in [0, 0.05) is 10.5 Å². The van der Waals surface area contributed by atoms with Gasteiger partial charge in [-0.15, -0.1) is 0 Å². The van der Waals surface area contributed by atoms with E-state index in [0.717, 1.165) is 29.1 Å². The molecule has 3 heteroatoms. The Kier molecular flexibility index (Phi) is 6.37. The molecule has 1 aliphatic carbocycles. The van der Waals surface area contributed by atoms with Gasteiger partial charge in [0.25, 0.3) is 0 Å². The number of hydrogen-bond donors (Lipinski definition) is 1. The van der Waals surface area contributed by atoms with Gasteiger partial charge in [0.1, 0.15) is 5.75 Å². The zero-order valence-corrected chi connectivity index (χ0v) is 14.2. The van der Waals surface area contributed by atoms with E-state index in [4.69, 9.17) is 4.74 Å². The zero-order chi connectivity index (χ0) is 14.4. The molecule has 1 unspecified atom stereocenters. The van der Waals surface area contributed by atoms with Crippen LogP contribution in [0, 0.1) is 5.92 Å². The van der Waals surface area contributed by atoms with Gasteiger partial charge in [-0.05, 0) is 61.9 Å². The van der Waals surface area contributed by atoms with E-state index >= 15 is 0 Å². The Bertz CT molecular complexity index is 415. The average Bonchev–Trinajstić information content (AvgIpc) is 2.97. The van der Waals surface area contributed by atoms with Crippen molar-refractivity contribution in [1.29, 1.82) is 0 Å². The van der Waals surface area contributed by atoms with E-state index in [0.29, 0.717) is 6.04 Å².